The van der Waals surface area contributed by atoms with E-state index >= 15 is 0 Å². The Hall–Kier alpha value is -4.97. The average molecular weight is 594 g/mol. The van der Waals surface area contributed by atoms with Crippen molar-refractivity contribution in [1.82, 2.24) is 4.98 Å². The van der Waals surface area contributed by atoms with Crippen molar-refractivity contribution in [2.45, 2.75) is 12.5 Å². The van der Waals surface area contributed by atoms with Gasteiger partial charge in [-0.05, 0) is 35.4 Å². The Kier molecular flexibility index (Phi) is 7.81. The minimum absolute atomic E-state index is 0.107. The summed E-state index contributed by atoms with van der Waals surface area (Å²) in [6.45, 7) is 0.172. The number of nitrogens with one attached hydrogen (secondary N) is 1. The van der Waals surface area contributed by atoms with Crippen molar-refractivity contribution in [3.8, 4) is 17.2 Å². The topological polar surface area (TPSA) is 150 Å². The molecule has 1 atom stereocenters. The van der Waals surface area contributed by atoms with Crippen molar-refractivity contribution >= 4 is 51.6 Å². The second-order valence-electron chi connectivity index (χ2n) is 9.58. The van der Waals surface area contributed by atoms with Gasteiger partial charge in [-0.15, -0.1) is 11.6 Å². The minimum Gasteiger partial charge on any atom is -0.530 e. The summed E-state index contributed by atoms with van der Waals surface area (Å²) in [5, 5.41) is 23.8. The number of hydrogen-bond acceptors (Lipinski definition) is 8. The fourth-order valence-electron chi connectivity index (χ4n) is 5.19. The number of benzene rings is 3. The lowest BCUT2D eigenvalue weighted by molar-refractivity contribution is -0.384. The highest BCUT2D eigenvalue weighted by Gasteiger charge is 2.34. The first-order chi connectivity index (χ1) is 20.2. The van der Waals surface area contributed by atoms with E-state index in [9.17, 15) is 24.8 Å². The number of anilines is 2. The third-order valence-electron chi connectivity index (χ3n) is 7.25. The standard InChI is InChI=1S/C29H27ClN4O8/c1-40-24-11-17-10-22(31-25(17)27(42-3)26(24)41-2)28(35)33-15-18(13-30)21-9-8-20(12-23(21)33)32(29(36)37)14-16-4-6-19(7-5-16)34(38)39/h4-12,18,31H,13-15H2,1-3H3,(H,36,37)/p-1. The number of methoxy groups -OCH3 is 3. The van der Waals surface area contributed by atoms with Crippen LogP contribution in [0.3, 0.4) is 0 Å². The predicted molar refractivity (Wildman–Crippen MR) is 154 cm³/mol. The number of H-pyrrole nitrogens is 1. The summed E-state index contributed by atoms with van der Waals surface area (Å²) in [5.41, 5.74) is 2.82. The van der Waals surface area contributed by atoms with Crippen molar-refractivity contribution < 1.29 is 33.8 Å². The zero-order valence-electron chi connectivity index (χ0n) is 22.9. The Balaban J connectivity index is 1.51. The van der Waals surface area contributed by atoms with Crippen LogP contribution in [0.15, 0.2) is 54.6 Å². The van der Waals surface area contributed by atoms with Gasteiger partial charge in [-0.1, -0.05) is 18.2 Å². The van der Waals surface area contributed by atoms with Crippen LogP contribution in [0.1, 0.15) is 27.5 Å². The molecular formula is C29H26ClN4O8-. The van der Waals surface area contributed by atoms with Gasteiger partial charge in [-0.2, -0.15) is 0 Å². The molecule has 5 rings (SSSR count). The summed E-state index contributed by atoms with van der Waals surface area (Å²) >= 11 is 6.26. The molecule has 3 aromatic carbocycles. The number of aromatic nitrogens is 1. The van der Waals surface area contributed by atoms with Crippen molar-refractivity contribution in [3.63, 3.8) is 0 Å². The Morgan fingerprint density at radius 2 is 1.76 bits per heavy atom. The number of nitro benzene ring substituents is 1. The smallest absolute Gasteiger partial charge is 0.274 e. The number of amides is 2. The molecule has 1 aromatic heterocycles. The highest BCUT2D eigenvalue weighted by atomic mass is 35.5. The van der Waals surface area contributed by atoms with Gasteiger partial charge in [-0.25, -0.2) is 0 Å². The minimum atomic E-state index is -1.47. The first-order valence-electron chi connectivity index (χ1n) is 12.8. The van der Waals surface area contributed by atoms with Crippen LogP contribution in [0.4, 0.5) is 21.9 Å². The molecular weight excluding hydrogens is 568 g/mol. The van der Waals surface area contributed by atoms with Crippen LogP contribution in [0, 0.1) is 10.1 Å². The average Bonchev–Trinajstić information content (AvgIpc) is 3.59. The number of nitro groups is 1. The SMILES string of the molecule is COc1cc2cc(C(=O)N3CC(CCl)c4ccc(N(Cc5ccc([N+](=O)[O-])cc5)C(=O)[O-])cc43)[nH]c2c(OC)c1OC. The highest BCUT2D eigenvalue weighted by molar-refractivity contribution is 6.19. The molecule has 2 amide bonds. The highest BCUT2D eigenvalue weighted by Crippen LogP contribution is 2.44. The second-order valence-corrected chi connectivity index (χ2v) is 9.89. The van der Waals surface area contributed by atoms with Gasteiger partial charge in [0.2, 0.25) is 5.75 Å². The van der Waals surface area contributed by atoms with E-state index in [2.05, 4.69) is 4.98 Å². The van der Waals surface area contributed by atoms with Gasteiger partial charge in [0, 0.05) is 53.8 Å². The summed E-state index contributed by atoms with van der Waals surface area (Å²) in [6, 6.07) is 14.0. The Labute approximate surface area is 245 Å². The van der Waals surface area contributed by atoms with E-state index < -0.39 is 11.0 Å². The quantitative estimate of drug-likeness (QED) is 0.170. The van der Waals surface area contributed by atoms with Crippen LogP contribution in [-0.2, 0) is 6.54 Å². The lowest BCUT2D eigenvalue weighted by Crippen LogP contribution is -2.41. The van der Waals surface area contributed by atoms with Crippen LogP contribution >= 0.6 is 11.6 Å². The fourth-order valence-corrected chi connectivity index (χ4v) is 5.46. The molecule has 0 spiro atoms. The molecule has 1 aliphatic heterocycles. The number of carboxylic acid groups (broad SMARTS) is 1. The van der Waals surface area contributed by atoms with E-state index in [1.807, 2.05) is 0 Å². The van der Waals surface area contributed by atoms with Gasteiger partial charge >= 0.3 is 0 Å². The maximum Gasteiger partial charge on any atom is 0.274 e. The van der Waals surface area contributed by atoms with Crippen molar-refractivity contribution in [2.24, 2.45) is 0 Å². The molecule has 1 N–H and O–H groups in total. The van der Waals surface area contributed by atoms with Crippen molar-refractivity contribution in [2.75, 3.05) is 43.6 Å². The van der Waals surface area contributed by atoms with E-state index in [1.54, 1.807) is 35.2 Å². The summed E-state index contributed by atoms with van der Waals surface area (Å²) in [7, 11) is 4.48. The first kappa shape index (κ1) is 28.6. The van der Waals surface area contributed by atoms with E-state index in [0.29, 0.717) is 39.4 Å². The van der Waals surface area contributed by atoms with Crippen LogP contribution in [0.25, 0.3) is 10.9 Å². The monoisotopic (exact) mass is 593 g/mol. The van der Waals surface area contributed by atoms with Gasteiger partial charge < -0.3 is 38.9 Å². The number of fused-ring (bicyclic) bond motifs is 2. The largest absolute Gasteiger partial charge is 0.530 e. The first-order valence-corrected chi connectivity index (χ1v) is 13.3. The zero-order valence-corrected chi connectivity index (χ0v) is 23.6. The Morgan fingerprint density at radius 1 is 1.05 bits per heavy atom. The number of non-ortho nitro benzene ring substituents is 1. The number of rotatable bonds is 9. The molecule has 12 nitrogen and oxygen atoms in total. The molecule has 13 heteroatoms. The zero-order chi connectivity index (χ0) is 30.1. The lowest BCUT2D eigenvalue weighted by Gasteiger charge is -2.27. The predicted octanol–water partition coefficient (Wildman–Crippen LogP) is 4.43. The molecule has 1 unspecified atom stereocenters. The van der Waals surface area contributed by atoms with Crippen LogP contribution in [0.5, 0.6) is 17.2 Å². The second kappa shape index (κ2) is 11.5. The van der Waals surface area contributed by atoms with Crippen LogP contribution < -0.4 is 29.1 Å². The van der Waals surface area contributed by atoms with E-state index in [1.165, 1.54) is 45.6 Å². The van der Waals surface area contributed by atoms with Crippen molar-refractivity contribution in [1.29, 1.82) is 0 Å². The molecule has 0 bridgehead atoms. The fraction of sp³-hybridized carbons (Fsp3) is 0.241. The Bertz CT molecular complexity index is 1690. The molecule has 1 aliphatic rings. The van der Waals surface area contributed by atoms with Crippen LogP contribution in [-0.4, -0.2) is 55.7 Å². The van der Waals surface area contributed by atoms with Gasteiger partial charge in [-0.3, -0.25) is 14.9 Å². The molecule has 2 heterocycles. The number of carbonyl (C=O) groups excluding carboxylic acids is 2. The summed E-state index contributed by atoms with van der Waals surface area (Å²) < 4.78 is 16.4. The third-order valence-corrected chi connectivity index (χ3v) is 7.62. The molecule has 0 saturated heterocycles. The molecule has 0 radical (unpaired) electrons. The van der Waals surface area contributed by atoms with Crippen LogP contribution in [0.2, 0.25) is 0 Å². The Morgan fingerprint density at radius 3 is 2.36 bits per heavy atom. The number of nitrogens with zero attached hydrogens (tertiary/aromatic N) is 3. The summed E-state index contributed by atoms with van der Waals surface area (Å²) in [4.78, 5) is 42.2. The van der Waals surface area contributed by atoms with Gasteiger partial charge in [0.05, 0.1) is 31.8 Å². The summed E-state index contributed by atoms with van der Waals surface area (Å²) in [5.74, 6) is 0.913. The number of halogens is 1. The molecule has 0 aliphatic carbocycles. The number of alkyl halides is 1. The normalized spacial score (nSPS) is 14.0. The molecule has 218 valence electrons. The lowest BCUT2D eigenvalue weighted by atomic mass is 10.0. The maximum absolute atomic E-state index is 13.9. The molecule has 0 saturated carbocycles. The number of hydrogen-bond donors (Lipinski definition) is 1. The van der Waals surface area contributed by atoms with E-state index in [-0.39, 0.29) is 47.9 Å². The number of ether oxygens (including phenoxy) is 3. The van der Waals surface area contributed by atoms with Gasteiger partial charge in [0.1, 0.15) is 11.8 Å². The van der Waals surface area contributed by atoms with E-state index in [4.69, 9.17) is 25.8 Å². The summed E-state index contributed by atoms with van der Waals surface area (Å²) in [6.07, 6.45) is -1.47. The van der Waals surface area contributed by atoms with Gasteiger partial charge in [0.15, 0.2) is 11.5 Å². The molecule has 4 aromatic rings. The van der Waals surface area contributed by atoms with Crippen molar-refractivity contribution in [3.05, 3.63) is 81.5 Å². The van der Waals surface area contributed by atoms with E-state index in [0.717, 1.165) is 10.5 Å². The maximum atomic E-state index is 13.9. The third kappa shape index (κ3) is 5.00. The number of carbonyl (C=O) groups is 2. The number of aromatic amines is 1. The molecule has 0 fully saturated rings. The molecule has 42 heavy (non-hydrogen) atoms. The van der Waals surface area contributed by atoms with Gasteiger partial charge in [0.25, 0.3) is 11.6 Å².